The number of rotatable bonds is 10. The van der Waals surface area contributed by atoms with E-state index < -0.39 is 10.9 Å². The third-order valence-electron chi connectivity index (χ3n) is 8.71. The second-order valence-electron chi connectivity index (χ2n) is 13.0. The summed E-state index contributed by atoms with van der Waals surface area (Å²) in [5.41, 5.74) is 6.58. The second kappa shape index (κ2) is 16.9. The molecule has 12 heteroatoms. The molecule has 7 rings (SSSR count). The number of carboxylic acids is 1. The van der Waals surface area contributed by atoms with Crippen LogP contribution in [0.15, 0.2) is 120 Å². The first-order valence-corrected chi connectivity index (χ1v) is 18.5. The largest absolute Gasteiger partial charge is 0.481 e. The fourth-order valence-corrected chi connectivity index (χ4v) is 7.69. The first kappa shape index (κ1) is 37.3. The fraction of sp³-hybridized carbons (Fsp3) is 0.195. The van der Waals surface area contributed by atoms with E-state index in [-0.39, 0.29) is 22.7 Å². The van der Waals surface area contributed by atoms with Gasteiger partial charge in [0.15, 0.2) is 0 Å². The molecule has 0 unspecified atom stereocenters. The van der Waals surface area contributed by atoms with Gasteiger partial charge in [-0.15, -0.1) is 11.3 Å². The third kappa shape index (κ3) is 9.72. The Bertz CT molecular complexity index is 2240. The Morgan fingerprint density at radius 1 is 0.868 bits per heavy atom. The Labute approximate surface area is 314 Å². The van der Waals surface area contributed by atoms with Crippen molar-refractivity contribution in [1.82, 2.24) is 14.8 Å². The highest BCUT2D eigenvalue weighted by Crippen LogP contribution is 2.34. The van der Waals surface area contributed by atoms with Gasteiger partial charge in [-0.25, -0.2) is 9.37 Å². The van der Waals surface area contributed by atoms with Gasteiger partial charge < -0.3 is 10.0 Å². The molecule has 0 aliphatic carbocycles. The monoisotopic (exact) mass is 748 g/mol. The Kier molecular flexibility index (Phi) is 11.9. The molecule has 9 nitrogen and oxygen atoms in total. The van der Waals surface area contributed by atoms with Gasteiger partial charge in [0.25, 0.3) is 10.9 Å². The van der Waals surface area contributed by atoms with E-state index in [2.05, 4.69) is 29.2 Å². The average molecular weight is 749 g/mol. The SMILES string of the molecule is CN(C)C(=O)Sc1ccc(Cc2ccccc2)cc1[N+](=O)[O-].O=C(O)C1CN(Cc2ccc(-c3nc4ccc(Cc5ccccc5)cc4s3)c(F)c2)C1. The Morgan fingerprint density at radius 3 is 2.06 bits per heavy atom. The number of nitro groups is 1. The summed E-state index contributed by atoms with van der Waals surface area (Å²) in [6, 6.07) is 36.5. The van der Waals surface area contributed by atoms with E-state index in [0.29, 0.717) is 41.5 Å². The molecule has 1 fully saturated rings. The fourth-order valence-electron chi connectivity index (χ4n) is 5.89. The summed E-state index contributed by atoms with van der Waals surface area (Å²) < 4.78 is 15.9. The van der Waals surface area contributed by atoms with Gasteiger partial charge in [-0.05, 0) is 82.8 Å². The smallest absolute Gasteiger partial charge is 0.309 e. The number of fused-ring (bicyclic) bond motifs is 1. The number of carbonyl (C=O) groups is 2. The van der Waals surface area contributed by atoms with Crippen LogP contribution in [0.2, 0.25) is 0 Å². The van der Waals surface area contributed by atoms with Crippen LogP contribution < -0.4 is 0 Å². The van der Waals surface area contributed by atoms with Crippen LogP contribution in [0.3, 0.4) is 0 Å². The van der Waals surface area contributed by atoms with E-state index in [9.17, 15) is 24.1 Å². The number of nitro benzene ring substituents is 1. The summed E-state index contributed by atoms with van der Waals surface area (Å²) in [4.78, 5) is 41.9. The molecule has 53 heavy (non-hydrogen) atoms. The van der Waals surface area contributed by atoms with Crippen molar-refractivity contribution in [2.45, 2.75) is 24.3 Å². The molecule has 0 radical (unpaired) electrons. The molecule has 270 valence electrons. The highest BCUT2D eigenvalue weighted by Gasteiger charge is 2.32. The molecule has 0 bridgehead atoms. The van der Waals surface area contributed by atoms with Gasteiger partial charge in [0.1, 0.15) is 10.8 Å². The minimum absolute atomic E-state index is 0.0337. The number of amides is 1. The molecular weight excluding hydrogens is 712 g/mol. The van der Waals surface area contributed by atoms with E-state index in [1.807, 2.05) is 71.6 Å². The molecule has 1 aliphatic heterocycles. The number of aliphatic carboxylic acids is 1. The van der Waals surface area contributed by atoms with Gasteiger partial charge in [0.2, 0.25) is 0 Å². The van der Waals surface area contributed by atoms with Crippen molar-refractivity contribution in [2.75, 3.05) is 27.2 Å². The quantitative estimate of drug-likeness (QED) is 0.0838. The van der Waals surface area contributed by atoms with Crippen molar-refractivity contribution in [1.29, 1.82) is 0 Å². The molecule has 0 atom stereocenters. The van der Waals surface area contributed by atoms with Gasteiger partial charge >= 0.3 is 5.97 Å². The summed E-state index contributed by atoms with van der Waals surface area (Å²) in [6.45, 7) is 1.59. The maximum atomic E-state index is 14.9. The first-order valence-electron chi connectivity index (χ1n) is 16.9. The predicted octanol–water partition coefficient (Wildman–Crippen LogP) is 9.17. The topological polar surface area (TPSA) is 117 Å². The zero-order valence-corrected chi connectivity index (χ0v) is 30.8. The Balaban J connectivity index is 0.000000193. The molecule has 1 saturated heterocycles. The number of thioether (sulfide) groups is 1. The normalized spacial score (nSPS) is 12.8. The van der Waals surface area contributed by atoms with E-state index >= 15 is 0 Å². The van der Waals surface area contributed by atoms with Crippen molar-refractivity contribution < 1.29 is 24.0 Å². The molecule has 1 aromatic heterocycles. The van der Waals surface area contributed by atoms with Gasteiger partial charge in [0.05, 0.1) is 26.0 Å². The lowest BCUT2D eigenvalue weighted by Gasteiger charge is -2.36. The van der Waals surface area contributed by atoms with E-state index in [4.69, 9.17) is 5.11 Å². The lowest BCUT2D eigenvalue weighted by molar-refractivity contribution is -0.387. The third-order valence-corrected chi connectivity index (χ3v) is 10.9. The predicted molar refractivity (Wildman–Crippen MR) is 208 cm³/mol. The molecule has 1 amide bonds. The van der Waals surface area contributed by atoms with Crippen LogP contribution in [-0.2, 0) is 24.2 Å². The van der Waals surface area contributed by atoms with E-state index in [1.165, 1.54) is 39.5 Å². The summed E-state index contributed by atoms with van der Waals surface area (Å²) in [5.74, 6) is -1.37. The molecule has 0 saturated carbocycles. The Morgan fingerprint density at radius 2 is 1.47 bits per heavy atom. The lowest BCUT2D eigenvalue weighted by Crippen LogP contribution is -2.49. The van der Waals surface area contributed by atoms with E-state index in [1.54, 1.807) is 26.2 Å². The maximum absolute atomic E-state index is 14.9. The van der Waals surface area contributed by atoms with Crippen molar-refractivity contribution in [3.8, 4) is 10.6 Å². The minimum Gasteiger partial charge on any atom is -0.481 e. The van der Waals surface area contributed by atoms with Crippen LogP contribution >= 0.6 is 23.1 Å². The number of hydrogen-bond acceptors (Lipinski definition) is 8. The molecule has 1 N–H and O–H groups in total. The van der Waals surface area contributed by atoms with Crippen molar-refractivity contribution in [3.05, 3.63) is 159 Å². The molecule has 6 aromatic rings. The standard InChI is InChI=1S/C25H21FN2O2S.C16H16N2O3S/c26-21-11-18(13-28-14-19(15-28)25(29)30)6-8-20(21)24-27-22-9-7-17(12-23(22)31-24)10-16-4-2-1-3-5-16;1-17(2)16(19)22-15-9-8-13(11-14(15)18(20)21)10-12-6-4-3-5-7-12/h1-9,11-12,19H,10,13-15H2,(H,29,30);3-9,11H,10H2,1-2H3. The van der Waals surface area contributed by atoms with E-state index in [0.717, 1.165) is 45.1 Å². The zero-order valence-electron chi connectivity index (χ0n) is 29.1. The van der Waals surface area contributed by atoms with Crippen molar-refractivity contribution in [2.24, 2.45) is 5.92 Å². The van der Waals surface area contributed by atoms with Crippen LogP contribution in [0.4, 0.5) is 14.9 Å². The molecule has 2 heterocycles. The highest BCUT2D eigenvalue weighted by atomic mass is 32.2. The number of halogens is 1. The van der Waals surface area contributed by atoms with Crippen LogP contribution in [0.25, 0.3) is 20.8 Å². The van der Waals surface area contributed by atoms with Crippen LogP contribution in [0.1, 0.15) is 27.8 Å². The summed E-state index contributed by atoms with van der Waals surface area (Å²) >= 11 is 2.37. The minimum atomic E-state index is -0.763. The van der Waals surface area contributed by atoms with Crippen molar-refractivity contribution >= 4 is 50.2 Å². The number of carboxylic acid groups (broad SMARTS) is 1. The first-order chi connectivity index (χ1) is 25.5. The van der Waals surface area contributed by atoms with Crippen LogP contribution in [0, 0.1) is 21.8 Å². The zero-order chi connectivity index (χ0) is 37.5. The second-order valence-corrected chi connectivity index (χ2v) is 15.0. The van der Waals surface area contributed by atoms with Gasteiger partial charge in [-0.1, -0.05) is 78.9 Å². The molecule has 5 aromatic carbocycles. The molecule has 0 spiro atoms. The number of aromatic nitrogens is 1. The van der Waals surface area contributed by atoms with Crippen molar-refractivity contribution in [3.63, 3.8) is 0 Å². The Hall–Kier alpha value is -5.43. The van der Waals surface area contributed by atoms with Gasteiger partial charge in [-0.2, -0.15) is 0 Å². The van der Waals surface area contributed by atoms with Gasteiger partial charge in [-0.3, -0.25) is 24.6 Å². The lowest BCUT2D eigenvalue weighted by atomic mass is 9.99. The average Bonchev–Trinajstić information content (AvgIpc) is 3.54. The summed E-state index contributed by atoms with van der Waals surface area (Å²) in [5, 5.41) is 20.7. The highest BCUT2D eigenvalue weighted by molar-refractivity contribution is 8.13. The number of benzene rings is 5. The maximum Gasteiger partial charge on any atom is 0.309 e. The van der Waals surface area contributed by atoms with Crippen LogP contribution in [-0.4, -0.2) is 63.2 Å². The number of nitrogens with zero attached hydrogens (tertiary/aromatic N) is 4. The van der Waals surface area contributed by atoms with Gasteiger partial charge in [0, 0.05) is 45.4 Å². The number of likely N-dealkylation sites (tertiary alicyclic amines) is 1. The van der Waals surface area contributed by atoms with Crippen LogP contribution in [0.5, 0.6) is 0 Å². The number of hydrogen-bond donors (Lipinski definition) is 1. The number of thiazole rings is 1. The summed E-state index contributed by atoms with van der Waals surface area (Å²) in [7, 11) is 3.23. The summed E-state index contributed by atoms with van der Waals surface area (Å²) in [6.07, 6.45) is 1.47. The number of carbonyl (C=O) groups excluding carboxylic acids is 1. The molecule has 1 aliphatic rings. The molecular formula is C41H37FN4O5S2.